The molecule has 0 bridgehead atoms. The van der Waals surface area contributed by atoms with Crippen molar-refractivity contribution in [3.63, 3.8) is 0 Å². The lowest BCUT2D eigenvalue weighted by atomic mass is 10.00. The average Bonchev–Trinajstić information content (AvgIpc) is 3.13. The minimum absolute atomic E-state index is 0.0396. The topological polar surface area (TPSA) is 107 Å². The van der Waals surface area contributed by atoms with Crippen LogP contribution in [0.1, 0.15) is 12.0 Å². The van der Waals surface area contributed by atoms with Crippen molar-refractivity contribution in [3.8, 4) is 0 Å². The molecule has 24 heavy (non-hydrogen) atoms. The molecule has 8 heteroatoms. The SMILES string of the molecule is O=C(O)C1CN(C(=O)OCc2ccccc2)C2CCN(C(=O)O)C12. The van der Waals surface area contributed by atoms with Crippen LogP contribution < -0.4 is 0 Å². The van der Waals surface area contributed by atoms with E-state index in [1.54, 1.807) is 0 Å². The van der Waals surface area contributed by atoms with Gasteiger partial charge >= 0.3 is 18.2 Å². The molecule has 2 aliphatic heterocycles. The number of aliphatic carboxylic acids is 1. The molecule has 3 atom stereocenters. The first kappa shape index (κ1) is 16.1. The zero-order valence-corrected chi connectivity index (χ0v) is 12.9. The Morgan fingerprint density at radius 2 is 1.83 bits per heavy atom. The summed E-state index contributed by atoms with van der Waals surface area (Å²) < 4.78 is 5.27. The minimum Gasteiger partial charge on any atom is -0.481 e. The van der Waals surface area contributed by atoms with E-state index in [2.05, 4.69) is 0 Å². The van der Waals surface area contributed by atoms with Crippen LogP contribution in [0, 0.1) is 5.92 Å². The lowest BCUT2D eigenvalue weighted by Crippen LogP contribution is -2.44. The summed E-state index contributed by atoms with van der Waals surface area (Å²) in [5.74, 6) is -2.03. The Hall–Kier alpha value is -2.77. The lowest BCUT2D eigenvalue weighted by molar-refractivity contribution is -0.142. The molecule has 2 amide bonds. The van der Waals surface area contributed by atoms with Crippen LogP contribution in [0.3, 0.4) is 0 Å². The van der Waals surface area contributed by atoms with E-state index in [0.717, 1.165) is 10.5 Å². The summed E-state index contributed by atoms with van der Waals surface area (Å²) in [5, 5.41) is 18.6. The van der Waals surface area contributed by atoms with Crippen LogP contribution in [0.25, 0.3) is 0 Å². The average molecular weight is 334 g/mol. The van der Waals surface area contributed by atoms with Crippen molar-refractivity contribution in [1.82, 2.24) is 9.80 Å². The van der Waals surface area contributed by atoms with Crippen LogP contribution in [-0.4, -0.2) is 63.3 Å². The second kappa shape index (κ2) is 6.38. The van der Waals surface area contributed by atoms with Crippen molar-refractivity contribution in [1.29, 1.82) is 0 Å². The molecule has 3 rings (SSSR count). The van der Waals surface area contributed by atoms with Crippen LogP contribution >= 0.6 is 0 Å². The van der Waals surface area contributed by atoms with E-state index < -0.39 is 36.2 Å². The van der Waals surface area contributed by atoms with Crippen molar-refractivity contribution < 1.29 is 29.3 Å². The number of carbonyl (C=O) groups excluding carboxylic acids is 1. The Balaban J connectivity index is 1.71. The first-order chi connectivity index (χ1) is 11.5. The van der Waals surface area contributed by atoms with Crippen molar-refractivity contribution in [2.24, 2.45) is 5.92 Å². The van der Waals surface area contributed by atoms with Crippen molar-refractivity contribution in [2.75, 3.05) is 13.1 Å². The number of carboxylic acid groups (broad SMARTS) is 2. The third kappa shape index (κ3) is 2.86. The van der Waals surface area contributed by atoms with E-state index in [9.17, 15) is 24.6 Å². The van der Waals surface area contributed by atoms with E-state index in [0.29, 0.717) is 6.42 Å². The van der Waals surface area contributed by atoms with E-state index in [-0.39, 0.29) is 19.7 Å². The molecule has 8 nitrogen and oxygen atoms in total. The van der Waals surface area contributed by atoms with Gasteiger partial charge in [-0.05, 0) is 12.0 Å². The zero-order valence-electron chi connectivity index (χ0n) is 12.9. The highest BCUT2D eigenvalue weighted by molar-refractivity contribution is 5.78. The molecule has 1 aromatic carbocycles. The molecule has 0 saturated carbocycles. The fourth-order valence-electron chi connectivity index (χ4n) is 3.54. The largest absolute Gasteiger partial charge is 0.481 e. The van der Waals surface area contributed by atoms with Gasteiger partial charge in [0.15, 0.2) is 0 Å². The van der Waals surface area contributed by atoms with Gasteiger partial charge in [0.1, 0.15) is 6.61 Å². The number of amides is 2. The Kier molecular flexibility index (Phi) is 4.28. The number of carboxylic acids is 1. The third-order valence-electron chi connectivity index (χ3n) is 4.63. The number of benzene rings is 1. The Morgan fingerprint density at radius 1 is 1.12 bits per heavy atom. The zero-order chi connectivity index (χ0) is 17.3. The summed E-state index contributed by atoms with van der Waals surface area (Å²) in [7, 11) is 0. The maximum atomic E-state index is 12.4. The van der Waals surface area contributed by atoms with Gasteiger partial charge in [-0.3, -0.25) is 4.79 Å². The number of nitrogens with zero attached hydrogens (tertiary/aromatic N) is 2. The van der Waals surface area contributed by atoms with E-state index in [1.807, 2.05) is 30.3 Å². The van der Waals surface area contributed by atoms with Crippen LogP contribution in [-0.2, 0) is 16.1 Å². The molecule has 2 fully saturated rings. The fourth-order valence-corrected chi connectivity index (χ4v) is 3.54. The highest BCUT2D eigenvalue weighted by atomic mass is 16.6. The number of hydrogen-bond acceptors (Lipinski definition) is 4. The number of rotatable bonds is 3. The summed E-state index contributed by atoms with van der Waals surface area (Å²) in [6.45, 7) is 0.271. The molecular formula is C16H18N2O6. The van der Waals surface area contributed by atoms with Gasteiger partial charge in [-0.1, -0.05) is 30.3 Å². The third-order valence-corrected chi connectivity index (χ3v) is 4.63. The quantitative estimate of drug-likeness (QED) is 0.866. The minimum atomic E-state index is -1.16. The van der Waals surface area contributed by atoms with E-state index >= 15 is 0 Å². The smallest absolute Gasteiger partial charge is 0.410 e. The number of ether oxygens (including phenoxy) is 1. The number of likely N-dealkylation sites (tertiary alicyclic amines) is 2. The molecule has 2 saturated heterocycles. The van der Waals surface area contributed by atoms with Crippen molar-refractivity contribution >= 4 is 18.2 Å². The fraction of sp³-hybridized carbons (Fsp3) is 0.438. The molecule has 0 spiro atoms. The van der Waals surface area contributed by atoms with E-state index in [1.165, 1.54) is 4.90 Å². The standard InChI is InChI=1S/C16H18N2O6/c19-14(20)11-8-18(12-6-7-17(13(11)12)15(21)22)16(23)24-9-10-4-2-1-3-5-10/h1-5,11-13H,6-9H2,(H,19,20)(H,21,22). The summed E-state index contributed by atoms with van der Waals surface area (Å²) >= 11 is 0. The number of fused-ring (bicyclic) bond motifs is 1. The Labute approximate surface area is 138 Å². The maximum Gasteiger partial charge on any atom is 0.410 e. The van der Waals surface area contributed by atoms with Gasteiger partial charge < -0.3 is 24.7 Å². The normalized spacial score (nSPS) is 25.4. The monoisotopic (exact) mass is 334 g/mol. The first-order valence-corrected chi connectivity index (χ1v) is 7.68. The molecule has 3 unspecified atom stereocenters. The van der Waals surface area contributed by atoms with E-state index in [4.69, 9.17) is 4.74 Å². The Morgan fingerprint density at radius 3 is 2.46 bits per heavy atom. The number of hydrogen-bond donors (Lipinski definition) is 2. The van der Waals surface area contributed by atoms with Gasteiger partial charge in [-0.2, -0.15) is 0 Å². The summed E-state index contributed by atoms with van der Waals surface area (Å²) in [6.07, 6.45) is -1.35. The second-order valence-corrected chi connectivity index (χ2v) is 5.96. The second-order valence-electron chi connectivity index (χ2n) is 5.96. The molecule has 2 heterocycles. The van der Waals surface area contributed by atoms with Crippen LogP contribution in [0.15, 0.2) is 30.3 Å². The molecule has 2 aliphatic rings. The van der Waals surface area contributed by atoms with Crippen molar-refractivity contribution in [3.05, 3.63) is 35.9 Å². The summed E-state index contributed by atoms with van der Waals surface area (Å²) in [6, 6.07) is 7.99. The maximum absolute atomic E-state index is 12.4. The van der Waals surface area contributed by atoms with Gasteiger partial charge in [-0.15, -0.1) is 0 Å². The lowest BCUT2D eigenvalue weighted by Gasteiger charge is -2.24. The molecule has 0 radical (unpaired) electrons. The Bertz CT molecular complexity index is 649. The van der Waals surface area contributed by atoms with Gasteiger partial charge in [0.25, 0.3) is 0 Å². The van der Waals surface area contributed by atoms with Crippen LogP contribution in [0.5, 0.6) is 0 Å². The summed E-state index contributed by atoms with van der Waals surface area (Å²) in [4.78, 5) is 37.6. The van der Waals surface area contributed by atoms with Gasteiger partial charge in [0, 0.05) is 13.1 Å². The highest BCUT2D eigenvalue weighted by Gasteiger charge is 2.54. The van der Waals surface area contributed by atoms with Gasteiger partial charge in [-0.25, -0.2) is 9.59 Å². The predicted molar refractivity (Wildman–Crippen MR) is 81.4 cm³/mol. The highest BCUT2D eigenvalue weighted by Crippen LogP contribution is 2.36. The van der Waals surface area contributed by atoms with Gasteiger partial charge in [0.05, 0.1) is 18.0 Å². The predicted octanol–water partition coefficient (Wildman–Crippen LogP) is 1.46. The van der Waals surface area contributed by atoms with Crippen LogP contribution in [0.2, 0.25) is 0 Å². The first-order valence-electron chi connectivity index (χ1n) is 7.68. The molecule has 128 valence electrons. The number of carbonyl (C=O) groups is 3. The molecule has 0 aromatic heterocycles. The molecule has 1 aromatic rings. The van der Waals surface area contributed by atoms with Crippen LogP contribution in [0.4, 0.5) is 9.59 Å². The molecule has 0 aliphatic carbocycles. The van der Waals surface area contributed by atoms with Gasteiger partial charge in [0.2, 0.25) is 0 Å². The summed E-state index contributed by atoms with van der Waals surface area (Å²) in [5.41, 5.74) is 0.829. The molecular weight excluding hydrogens is 316 g/mol. The van der Waals surface area contributed by atoms with Crippen molar-refractivity contribution in [2.45, 2.75) is 25.1 Å². The molecule has 2 N–H and O–H groups in total.